The maximum absolute atomic E-state index is 5.79. The topological polar surface area (TPSA) is 68.2 Å². The van der Waals surface area contributed by atoms with Gasteiger partial charge in [-0.2, -0.15) is 0 Å². The molecule has 4 heteroatoms. The highest BCUT2D eigenvalue weighted by Gasteiger charge is 2.02. The van der Waals surface area contributed by atoms with Crippen molar-refractivity contribution in [1.29, 1.82) is 0 Å². The number of allylic oxidation sites excluding steroid dienone is 3. The second kappa shape index (κ2) is 5.62. The second-order valence-corrected chi connectivity index (χ2v) is 2.79. The van der Waals surface area contributed by atoms with Gasteiger partial charge in [0, 0.05) is 6.20 Å². The third-order valence-corrected chi connectivity index (χ3v) is 1.72. The van der Waals surface area contributed by atoms with Gasteiger partial charge in [0.1, 0.15) is 5.82 Å². The van der Waals surface area contributed by atoms with Crippen LogP contribution in [0.15, 0.2) is 61.1 Å². The van der Waals surface area contributed by atoms with Gasteiger partial charge >= 0.3 is 0 Å². The molecule has 0 amide bonds. The van der Waals surface area contributed by atoms with Crippen LogP contribution in [0.4, 0.5) is 5.82 Å². The zero-order chi connectivity index (χ0) is 11.1. The third-order valence-electron chi connectivity index (χ3n) is 1.72. The lowest BCUT2D eigenvalue weighted by Crippen LogP contribution is -2.29. The van der Waals surface area contributed by atoms with Crippen molar-refractivity contribution >= 4 is 5.82 Å². The standard InChI is InChI=1S/C11H14N4/c1-10(6-2-4-8-12)15(13)11-7-3-5-9-14-11/h2-9H,1,12-13H2/b6-2-,8-4-. The van der Waals surface area contributed by atoms with E-state index in [0.29, 0.717) is 11.5 Å². The van der Waals surface area contributed by atoms with Crippen LogP contribution in [-0.4, -0.2) is 4.98 Å². The van der Waals surface area contributed by atoms with Crippen molar-refractivity contribution in [3.05, 3.63) is 61.1 Å². The van der Waals surface area contributed by atoms with Gasteiger partial charge in [0.2, 0.25) is 0 Å². The number of nitrogens with two attached hydrogens (primary N) is 2. The van der Waals surface area contributed by atoms with Crippen LogP contribution in [0.3, 0.4) is 0 Å². The summed E-state index contributed by atoms with van der Waals surface area (Å²) in [7, 11) is 0. The molecule has 0 unspecified atom stereocenters. The molecule has 0 aliphatic carbocycles. The molecule has 0 atom stereocenters. The first-order valence-corrected chi connectivity index (χ1v) is 4.45. The zero-order valence-electron chi connectivity index (χ0n) is 8.38. The van der Waals surface area contributed by atoms with Crippen molar-refractivity contribution in [2.24, 2.45) is 11.6 Å². The molecule has 1 aromatic rings. The Morgan fingerprint density at radius 2 is 2.20 bits per heavy atom. The molecule has 0 aromatic carbocycles. The van der Waals surface area contributed by atoms with Gasteiger partial charge in [-0.25, -0.2) is 10.8 Å². The van der Waals surface area contributed by atoms with Crippen molar-refractivity contribution < 1.29 is 0 Å². The molecule has 1 heterocycles. The Morgan fingerprint density at radius 1 is 1.40 bits per heavy atom. The van der Waals surface area contributed by atoms with E-state index in [1.165, 1.54) is 11.2 Å². The lowest BCUT2D eigenvalue weighted by Gasteiger charge is -2.16. The molecule has 1 rings (SSSR count). The molecule has 0 radical (unpaired) electrons. The minimum absolute atomic E-state index is 0.631. The molecular formula is C11H14N4. The largest absolute Gasteiger partial charge is 0.405 e. The molecule has 78 valence electrons. The van der Waals surface area contributed by atoms with Crippen molar-refractivity contribution in [2.75, 3.05) is 5.01 Å². The van der Waals surface area contributed by atoms with Crippen molar-refractivity contribution in [1.82, 2.24) is 4.98 Å². The predicted molar refractivity (Wildman–Crippen MR) is 62.5 cm³/mol. The Morgan fingerprint density at radius 3 is 2.80 bits per heavy atom. The number of nitrogens with zero attached hydrogens (tertiary/aromatic N) is 2. The molecular weight excluding hydrogens is 188 g/mol. The summed E-state index contributed by atoms with van der Waals surface area (Å²) >= 11 is 0. The SMILES string of the molecule is C=C(/C=C\C=C/N)N(N)c1ccccn1. The summed E-state index contributed by atoms with van der Waals surface area (Å²) in [5.41, 5.74) is 5.81. The summed E-state index contributed by atoms with van der Waals surface area (Å²) in [5, 5.41) is 1.40. The number of rotatable bonds is 4. The molecule has 0 bridgehead atoms. The maximum atomic E-state index is 5.79. The summed E-state index contributed by atoms with van der Waals surface area (Å²) in [6, 6.07) is 5.49. The minimum Gasteiger partial charge on any atom is -0.405 e. The molecule has 4 N–H and O–H groups in total. The Kier molecular flexibility index (Phi) is 4.12. The highest BCUT2D eigenvalue weighted by atomic mass is 15.4. The number of aromatic nitrogens is 1. The van der Waals surface area contributed by atoms with E-state index in [-0.39, 0.29) is 0 Å². The summed E-state index contributed by atoms with van der Waals surface area (Å²) in [6.45, 7) is 3.80. The smallest absolute Gasteiger partial charge is 0.147 e. The Labute approximate surface area is 89.2 Å². The Balaban J connectivity index is 2.69. The molecule has 0 aliphatic heterocycles. The third kappa shape index (κ3) is 3.28. The number of anilines is 1. The van der Waals surface area contributed by atoms with Crippen LogP contribution in [0.5, 0.6) is 0 Å². The monoisotopic (exact) mass is 202 g/mol. The van der Waals surface area contributed by atoms with Crippen LogP contribution in [-0.2, 0) is 0 Å². The van der Waals surface area contributed by atoms with Gasteiger partial charge in [0.15, 0.2) is 0 Å². The molecule has 0 saturated carbocycles. The van der Waals surface area contributed by atoms with Gasteiger partial charge in [-0.15, -0.1) is 0 Å². The van der Waals surface area contributed by atoms with E-state index >= 15 is 0 Å². The lowest BCUT2D eigenvalue weighted by atomic mass is 10.3. The predicted octanol–water partition coefficient (Wildman–Crippen LogP) is 1.30. The van der Waals surface area contributed by atoms with Crippen LogP contribution in [0.2, 0.25) is 0 Å². The normalized spacial score (nSPS) is 11.0. The van der Waals surface area contributed by atoms with E-state index in [2.05, 4.69) is 11.6 Å². The van der Waals surface area contributed by atoms with Gasteiger partial charge in [-0.1, -0.05) is 18.7 Å². The molecule has 4 nitrogen and oxygen atoms in total. The molecule has 0 fully saturated rings. The highest BCUT2D eigenvalue weighted by molar-refractivity contribution is 5.46. The van der Waals surface area contributed by atoms with Gasteiger partial charge in [0.25, 0.3) is 0 Å². The Bertz CT molecular complexity index is 367. The van der Waals surface area contributed by atoms with Crippen molar-refractivity contribution in [3.8, 4) is 0 Å². The minimum atomic E-state index is 0.631. The molecule has 0 spiro atoms. The van der Waals surface area contributed by atoms with Gasteiger partial charge in [-0.05, 0) is 30.5 Å². The van der Waals surface area contributed by atoms with E-state index in [0.717, 1.165) is 0 Å². The summed E-state index contributed by atoms with van der Waals surface area (Å²) in [6.07, 6.45) is 8.30. The average molecular weight is 202 g/mol. The van der Waals surface area contributed by atoms with E-state index in [1.54, 1.807) is 30.5 Å². The van der Waals surface area contributed by atoms with E-state index in [4.69, 9.17) is 11.6 Å². The summed E-state index contributed by atoms with van der Waals surface area (Å²) < 4.78 is 0. The van der Waals surface area contributed by atoms with E-state index in [1.807, 2.05) is 12.1 Å². The quantitative estimate of drug-likeness (QED) is 0.439. The fraction of sp³-hybridized carbons (Fsp3) is 0. The van der Waals surface area contributed by atoms with Crippen LogP contribution in [0.25, 0.3) is 0 Å². The fourth-order valence-electron chi connectivity index (χ4n) is 0.954. The fourth-order valence-corrected chi connectivity index (χ4v) is 0.954. The first kappa shape index (κ1) is 11.0. The Hall–Kier alpha value is -2.07. The second-order valence-electron chi connectivity index (χ2n) is 2.79. The molecule has 0 saturated heterocycles. The summed E-state index contributed by atoms with van der Waals surface area (Å²) in [5.74, 6) is 6.43. The first-order chi connectivity index (χ1) is 7.25. The van der Waals surface area contributed by atoms with Crippen molar-refractivity contribution in [3.63, 3.8) is 0 Å². The van der Waals surface area contributed by atoms with Crippen LogP contribution < -0.4 is 16.6 Å². The molecule has 15 heavy (non-hydrogen) atoms. The molecule has 1 aromatic heterocycles. The average Bonchev–Trinajstić information content (AvgIpc) is 2.29. The number of pyridine rings is 1. The lowest BCUT2D eigenvalue weighted by molar-refractivity contribution is 0.992. The van der Waals surface area contributed by atoms with Crippen LogP contribution in [0.1, 0.15) is 0 Å². The van der Waals surface area contributed by atoms with E-state index < -0.39 is 0 Å². The molecule has 0 aliphatic rings. The number of hydrogen-bond donors (Lipinski definition) is 2. The number of hydrogen-bond acceptors (Lipinski definition) is 4. The zero-order valence-corrected chi connectivity index (χ0v) is 8.38. The van der Waals surface area contributed by atoms with Crippen LogP contribution in [0, 0.1) is 0 Å². The number of hydrazine groups is 1. The maximum Gasteiger partial charge on any atom is 0.147 e. The summed E-state index contributed by atoms with van der Waals surface area (Å²) in [4.78, 5) is 4.09. The van der Waals surface area contributed by atoms with Gasteiger partial charge < -0.3 is 5.73 Å². The van der Waals surface area contributed by atoms with Crippen LogP contribution >= 0.6 is 0 Å². The van der Waals surface area contributed by atoms with Gasteiger partial charge in [0.05, 0.1) is 5.70 Å². The van der Waals surface area contributed by atoms with Gasteiger partial charge in [-0.3, -0.25) is 5.01 Å². The van der Waals surface area contributed by atoms with Crippen molar-refractivity contribution in [2.45, 2.75) is 0 Å². The first-order valence-electron chi connectivity index (χ1n) is 4.45. The highest BCUT2D eigenvalue weighted by Crippen LogP contribution is 2.10. The van der Waals surface area contributed by atoms with E-state index in [9.17, 15) is 0 Å².